The second-order valence-corrected chi connectivity index (χ2v) is 6.02. The smallest absolute Gasteiger partial charge is 0.303 e. The first kappa shape index (κ1) is 15.5. The minimum atomic E-state index is -0.775. The van der Waals surface area contributed by atoms with Crippen LogP contribution < -0.4 is 0 Å². The number of hydrogen-bond acceptors (Lipinski definition) is 4. The maximum Gasteiger partial charge on any atom is 0.303 e. The Morgan fingerprint density at radius 2 is 2.13 bits per heavy atom. The number of fused-ring (bicyclic) bond motifs is 1. The van der Waals surface area contributed by atoms with Gasteiger partial charge in [-0.1, -0.05) is 17.3 Å². The zero-order valence-electron chi connectivity index (χ0n) is 12.9. The molecule has 0 spiro atoms. The standard InChI is InChI=1S/C16H20N4O3/c21-15(11-20-14-6-2-1-5-13(14)17-18-20)19-9-3-4-12(10-19)7-8-16(22)23/h1-2,5-6,12H,3-4,7-11H2,(H,22,23)/t12-/m1/s1. The van der Waals surface area contributed by atoms with E-state index in [0.717, 1.165) is 30.4 Å². The van der Waals surface area contributed by atoms with E-state index in [1.54, 1.807) is 4.68 Å². The third-order valence-electron chi connectivity index (χ3n) is 4.34. The summed E-state index contributed by atoms with van der Waals surface area (Å²) >= 11 is 0. The lowest BCUT2D eigenvalue weighted by atomic mass is 9.93. The minimum Gasteiger partial charge on any atom is -0.481 e. The molecule has 3 rings (SSSR count). The summed E-state index contributed by atoms with van der Waals surface area (Å²) in [6.07, 6.45) is 2.71. The van der Waals surface area contributed by atoms with Crippen molar-refractivity contribution < 1.29 is 14.7 Å². The molecule has 0 bridgehead atoms. The van der Waals surface area contributed by atoms with E-state index in [1.165, 1.54) is 0 Å². The fourth-order valence-electron chi connectivity index (χ4n) is 3.12. The van der Waals surface area contributed by atoms with Gasteiger partial charge in [-0.05, 0) is 37.3 Å². The molecule has 1 aliphatic rings. The van der Waals surface area contributed by atoms with E-state index in [-0.39, 0.29) is 24.8 Å². The molecule has 1 N–H and O–H groups in total. The number of carboxylic acid groups (broad SMARTS) is 1. The van der Waals surface area contributed by atoms with Crippen LogP contribution in [0.15, 0.2) is 24.3 Å². The highest BCUT2D eigenvalue weighted by atomic mass is 16.4. The SMILES string of the molecule is O=C(O)CC[C@H]1CCCN(C(=O)Cn2nnc3ccccc32)C1. The molecule has 1 fully saturated rings. The van der Waals surface area contributed by atoms with E-state index in [2.05, 4.69) is 10.3 Å². The van der Waals surface area contributed by atoms with Crippen molar-refractivity contribution in [3.8, 4) is 0 Å². The number of carboxylic acids is 1. The highest BCUT2D eigenvalue weighted by molar-refractivity contribution is 5.79. The second kappa shape index (κ2) is 6.76. The van der Waals surface area contributed by atoms with Crippen LogP contribution in [-0.4, -0.2) is 50.0 Å². The zero-order chi connectivity index (χ0) is 16.2. The van der Waals surface area contributed by atoms with Crippen LogP contribution in [0, 0.1) is 5.92 Å². The maximum atomic E-state index is 12.5. The molecule has 1 aromatic carbocycles. The van der Waals surface area contributed by atoms with Crippen molar-refractivity contribution in [2.24, 2.45) is 5.92 Å². The Balaban J connectivity index is 1.62. The molecule has 0 saturated carbocycles. The molecule has 1 atom stereocenters. The number of aliphatic carboxylic acids is 1. The summed E-state index contributed by atoms with van der Waals surface area (Å²) in [7, 11) is 0. The average molecular weight is 316 g/mol. The van der Waals surface area contributed by atoms with Crippen LogP contribution in [0.3, 0.4) is 0 Å². The molecule has 1 aliphatic heterocycles. The van der Waals surface area contributed by atoms with Crippen LogP contribution in [0.25, 0.3) is 11.0 Å². The normalized spacial score (nSPS) is 18.3. The molecule has 0 aliphatic carbocycles. The summed E-state index contributed by atoms with van der Waals surface area (Å²) in [5.41, 5.74) is 1.62. The van der Waals surface area contributed by atoms with Crippen LogP contribution >= 0.6 is 0 Å². The highest BCUT2D eigenvalue weighted by Gasteiger charge is 2.24. The van der Waals surface area contributed by atoms with Crippen molar-refractivity contribution in [3.63, 3.8) is 0 Å². The van der Waals surface area contributed by atoms with E-state index in [4.69, 9.17) is 5.11 Å². The first-order chi connectivity index (χ1) is 11.1. The predicted molar refractivity (Wildman–Crippen MR) is 83.7 cm³/mol. The van der Waals surface area contributed by atoms with Gasteiger partial charge >= 0.3 is 5.97 Å². The van der Waals surface area contributed by atoms with Crippen LogP contribution in [0.2, 0.25) is 0 Å². The molecule has 1 amide bonds. The summed E-state index contributed by atoms with van der Waals surface area (Å²) in [5, 5.41) is 16.9. The molecule has 122 valence electrons. The number of nitrogens with zero attached hydrogens (tertiary/aromatic N) is 4. The maximum absolute atomic E-state index is 12.5. The molecular weight excluding hydrogens is 296 g/mol. The largest absolute Gasteiger partial charge is 0.481 e. The first-order valence-electron chi connectivity index (χ1n) is 7.91. The molecule has 23 heavy (non-hydrogen) atoms. The fraction of sp³-hybridized carbons (Fsp3) is 0.500. The summed E-state index contributed by atoms with van der Waals surface area (Å²) < 4.78 is 1.62. The van der Waals surface area contributed by atoms with Crippen LogP contribution in [0.1, 0.15) is 25.7 Å². The third-order valence-corrected chi connectivity index (χ3v) is 4.34. The molecule has 1 saturated heterocycles. The van der Waals surface area contributed by atoms with Crippen molar-refractivity contribution >= 4 is 22.9 Å². The number of carbonyl (C=O) groups excluding carboxylic acids is 1. The minimum absolute atomic E-state index is 0.0145. The van der Waals surface area contributed by atoms with E-state index in [1.807, 2.05) is 29.2 Å². The summed E-state index contributed by atoms with van der Waals surface area (Å²) in [4.78, 5) is 25.0. The van der Waals surface area contributed by atoms with Crippen LogP contribution in [-0.2, 0) is 16.1 Å². The Morgan fingerprint density at radius 3 is 2.96 bits per heavy atom. The number of likely N-dealkylation sites (tertiary alicyclic amines) is 1. The lowest BCUT2D eigenvalue weighted by molar-refractivity contribution is -0.137. The van der Waals surface area contributed by atoms with Crippen LogP contribution in [0.4, 0.5) is 0 Å². The van der Waals surface area contributed by atoms with Crippen molar-refractivity contribution in [2.75, 3.05) is 13.1 Å². The summed E-state index contributed by atoms with van der Waals surface area (Å²) in [5.74, 6) is -0.487. The van der Waals surface area contributed by atoms with Gasteiger partial charge in [0.2, 0.25) is 5.91 Å². The van der Waals surface area contributed by atoms with Gasteiger partial charge in [0.25, 0.3) is 0 Å². The zero-order valence-corrected chi connectivity index (χ0v) is 12.9. The number of rotatable bonds is 5. The topological polar surface area (TPSA) is 88.3 Å². The number of carbonyl (C=O) groups is 2. The predicted octanol–water partition coefficient (Wildman–Crippen LogP) is 1.53. The van der Waals surface area contributed by atoms with Gasteiger partial charge in [-0.25, -0.2) is 4.68 Å². The van der Waals surface area contributed by atoms with Crippen molar-refractivity contribution in [1.29, 1.82) is 0 Å². The van der Waals surface area contributed by atoms with Gasteiger partial charge in [-0.15, -0.1) is 5.10 Å². The van der Waals surface area contributed by atoms with Crippen molar-refractivity contribution in [1.82, 2.24) is 19.9 Å². The number of piperidine rings is 1. The first-order valence-corrected chi connectivity index (χ1v) is 7.91. The van der Waals surface area contributed by atoms with Gasteiger partial charge in [-0.3, -0.25) is 9.59 Å². The molecule has 2 heterocycles. The molecule has 7 nitrogen and oxygen atoms in total. The number of para-hydroxylation sites is 1. The number of aromatic nitrogens is 3. The average Bonchev–Trinajstić information content (AvgIpc) is 2.96. The van der Waals surface area contributed by atoms with E-state index in [9.17, 15) is 9.59 Å². The molecule has 0 unspecified atom stereocenters. The Morgan fingerprint density at radius 1 is 1.30 bits per heavy atom. The Hall–Kier alpha value is -2.44. The second-order valence-electron chi connectivity index (χ2n) is 6.02. The van der Waals surface area contributed by atoms with Gasteiger partial charge in [0.1, 0.15) is 12.1 Å². The highest BCUT2D eigenvalue weighted by Crippen LogP contribution is 2.21. The third kappa shape index (κ3) is 3.67. The summed E-state index contributed by atoms with van der Waals surface area (Å²) in [6, 6.07) is 7.55. The van der Waals surface area contributed by atoms with E-state index in [0.29, 0.717) is 13.0 Å². The van der Waals surface area contributed by atoms with Gasteiger partial charge in [0.05, 0.1) is 5.52 Å². The molecule has 2 aromatic rings. The number of amides is 1. The monoisotopic (exact) mass is 316 g/mol. The molecule has 7 heteroatoms. The fourth-order valence-corrected chi connectivity index (χ4v) is 3.12. The van der Waals surface area contributed by atoms with Gasteiger partial charge < -0.3 is 10.0 Å². The van der Waals surface area contributed by atoms with Gasteiger partial charge in [0.15, 0.2) is 0 Å². The Bertz CT molecular complexity index is 712. The lowest BCUT2D eigenvalue weighted by Crippen LogP contribution is -2.41. The lowest BCUT2D eigenvalue weighted by Gasteiger charge is -2.32. The Labute approximate surface area is 133 Å². The molecule has 0 radical (unpaired) electrons. The number of benzene rings is 1. The molecular formula is C16H20N4O3. The van der Waals surface area contributed by atoms with Crippen molar-refractivity contribution in [3.05, 3.63) is 24.3 Å². The van der Waals surface area contributed by atoms with Gasteiger partial charge in [0, 0.05) is 19.5 Å². The summed E-state index contributed by atoms with van der Waals surface area (Å²) in [6.45, 7) is 1.54. The van der Waals surface area contributed by atoms with Crippen LogP contribution in [0.5, 0.6) is 0 Å². The quantitative estimate of drug-likeness (QED) is 0.904. The van der Waals surface area contributed by atoms with E-state index >= 15 is 0 Å². The molecule has 1 aromatic heterocycles. The van der Waals surface area contributed by atoms with Gasteiger partial charge in [-0.2, -0.15) is 0 Å². The number of hydrogen-bond donors (Lipinski definition) is 1. The Kier molecular flexibility index (Phi) is 4.55. The van der Waals surface area contributed by atoms with E-state index < -0.39 is 5.97 Å². The van der Waals surface area contributed by atoms with Crippen molar-refractivity contribution in [2.45, 2.75) is 32.2 Å².